The van der Waals surface area contributed by atoms with Crippen molar-refractivity contribution < 1.29 is 0 Å². The van der Waals surface area contributed by atoms with Gasteiger partial charge >= 0.3 is 0 Å². The largest absolute Gasteiger partial charge is 0.271 e. The molecule has 0 spiro atoms. The monoisotopic (exact) mass is 274 g/mol. The molecule has 0 radical (unpaired) electrons. The lowest BCUT2D eigenvalue weighted by atomic mass is 10.0. The molecule has 0 aliphatic rings. The second-order valence-electron chi connectivity index (χ2n) is 5.41. The van der Waals surface area contributed by atoms with E-state index in [0.29, 0.717) is 12.3 Å². The zero-order chi connectivity index (χ0) is 14.5. The number of hydrazine groups is 1. The van der Waals surface area contributed by atoms with Crippen LogP contribution in [0.5, 0.6) is 0 Å². The van der Waals surface area contributed by atoms with Crippen LogP contribution in [0.4, 0.5) is 0 Å². The van der Waals surface area contributed by atoms with Gasteiger partial charge in [-0.15, -0.1) is 0 Å². The molecule has 6 heteroatoms. The van der Waals surface area contributed by atoms with Crippen molar-refractivity contribution in [1.82, 2.24) is 25.2 Å². The average Bonchev–Trinajstić information content (AvgIpc) is 2.83. The molecule has 0 bridgehead atoms. The summed E-state index contributed by atoms with van der Waals surface area (Å²) in [5.41, 5.74) is 5.13. The second-order valence-corrected chi connectivity index (χ2v) is 5.41. The Hall–Kier alpha value is -1.79. The Bertz CT molecular complexity index is 548. The van der Waals surface area contributed by atoms with E-state index in [1.807, 2.05) is 23.9 Å². The standard InChI is InChI=1S/C14H22N6/c1-10(2)8-20-14(17-9-18-20)6-13(19-15)12-4-5-16-7-11(12)3/h4-5,7,9-10,13,19H,6,8,15H2,1-3H3. The van der Waals surface area contributed by atoms with Crippen LogP contribution in [0.3, 0.4) is 0 Å². The summed E-state index contributed by atoms with van der Waals surface area (Å²) < 4.78 is 1.95. The van der Waals surface area contributed by atoms with Crippen molar-refractivity contribution >= 4 is 0 Å². The normalized spacial score (nSPS) is 12.8. The van der Waals surface area contributed by atoms with E-state index in [2.05, 4.69) is 34.3 Å². The lowest BCUT2D eigenvalue weighted by Crippen LogP contribution is -2.31. The molecule has 0 aliphatic carbocycles. The topological polar surface area (TPSA) is 81.7 Å². The van der Waals surface area contributed by atoms with Crippen LogP contribution >= 0.6 is 0 Å². The number of aryl methyl sites for hydroxylation is 1. The van der Waals surface area contributed by atoms with Crippen LogP contribution in [0.25, 0.3) is 0 Å². The molecular weight excluding hydrogens is 252 g/mol. The van der Waals surface area contributed by atoms with Gasteiger partial charge in [-0.05, 0) is 30.0 Å². The van der Waals surface area contributed by atoms with E-state index in [4.69, 9.17) is 5.84 Å². The van der Waals surface area contributed by atoms with Crippen molar-refractivity contribution in [1.29, 1.82) is 0 Å². The molecule has 0 fully saturated rings. The number of rotatable bonds is 6. The highest BCUT2D eigenvalue weighted by molar-refractivity contribution is 5.26. The van der Waals surface area contributed by atoms with Gasteiger partial charge in [-0.25, -0.2) is 9.67 Å². The van der Waals surface area contributed by atoms with Gasteiger partial charge in [0.15, 0.2) is 0 Å². The number of nitrogens with two attached hydrogens (primary N) is 1. The molecule has 1 atom stereocenters. The molecule has 2 aromatic heterocycles. The van der Waals surface area contributed by atoms with Crippen molar-refractivity contribution in [2.75, 3.05) is 0 Å². The first-order valence-electron chi connectivity index (χ1n) is 6.85. The third-order valence-electron chi connectivity index (χ3n) is 3.26. The van der Waals surface area contributed by atoms with Gasteiger partial charge in [0.1, 0.15) is 12.2 Å². The first kappa shape index (κ1) is 14.6. The Morgan fingerprint density at radius 3 is 2.85 bits per heavy atom. The number of aromatic nitrogens is 4. The molecule has 0 amide bonds. The summed E-state index contributed by atoms with van der Waals surface area (Å²) in [6.07, 6.45) is 5.93. The molecule has 1 unspecified atom stereocenters. The maximum absolute atomic E-state index is 5.71. The fraction of sp³-hybridized carbons (Fsp3) is 0.500. The molecular formula is C14H22N6. The van der Waals surface area contributed by atoms with Crippen molar-refractivity contribution in [3.05, 3.63) is 41.7 Å². The summed E-state index contributed by atoms with van der Waals surface area (Å²) in [5.74, 6) is 7.19. The fourth-order valence-electron chi connectivity index (χ4n) is 2.26. The Morgan fingerprint density at radius 1 is 1.40 bits per heavy atom. The van der Waals surface area contributed by atoms with Crippen LogP contribution in [0.2, 0.25) is 0 Å². The number of pyridine rings is 1. The Labute approximate surface area is 119 Å². The fourth-order valence-corrected chi connectivity index (χ4v) is 2.26. The van der Waals surface area contributed by atoms with Gasteiger partial charge in [-0.3, -0.25) is 16.3 Å². The summed E-state index contributed by atoms with van der Waals surface area (Å²) in [7, 11) is 0. The predicted molar refractivity (Wildman–Crippen MR) is 77.6 cm³/mol. The molecule has 108 valence electrons. The summed E-state index contributed by atoms with van der Waals surface area (Å²) in [6.45, 7) is 7.22. The SMILES string of the molecule is Cc1cnccc1C(Cc1ncnn1CC(C)C)NN. The maximum Gasteiger partial charge on any atom is 0.138 e. The first-order valence-corrected chi connectivity index (χ1v) is 6.85. The first-order chi connectivity index (χ1) is 9.61. The molecule has 2 heterocycles. The summed E-state index contributed by atoms with van der Waals surface area (Å²) >= 11 is 0. The van der Waals surface area contributed by atoms with E-state index in [1.165, 1.54) is 0 Å². The Balaban J connectivity index is 2.19. The number of nitrogens with zero attached hydrogens (tertiary/aromatic N) is 4. The number of nitrogens with one attached hydrogen (secondary N) is 1. The van der Waals surface area contributed by atoms with E-state index in [9.17, 15) is 0 Å². The van der Waals surface area contributed by atoms with Crippen LogP contribution in [0, 0.1) is 12.8 Å². The van der Waals surface area contributed by atoms with Gasteiger partial charge in [-0.2, -0.15) is 5.10 Å². The van der Waals surface area contributed by atoms with Crippen molar-refractivity contribution in [3.63, 3.8) is 0 Å². The lowest BCUT2D eigenvalue weighted by Gasteiger charge is -2.18. The predicted octanol–water partition coefficient (Wildman–Crippen LogP) is 1.38. The molecule has 6 nitrogen and oxygen atoms in total. The second kappa shape index (κ2) is 6.58. The molecule has 0 saturated heterocycles. The molecule has 0 aromatic carbocycles. The van der Waals surface area contributed by atoms with E-state index in [0.717, 1.165) is 23.5 Å². The smallest absolute Gasteiger partial charge is 0.138 e. The summed E-state index contributed by atoms with van der Waals surface area (Å²) in [5, 5.41) is 4.28. The maximum atomic E-state index is 5.71. The molecule has 20 heavy (non-hydrogen) atoms. The highest BCUT2D eigenvalue weighted by Crippen LogP contribution is 2.19. The van der Waals surface area contributed by atoms with Gasteiger partial charge in [0.05, 0.1) is 6.04 Å². The average molecular weight is 274 g/mol. The third kappa shape index (κ3) is 3.40. The van der Waals surface area contributed by atoms with Gasteiger partial charge in [0.25, 0.3) is 0 Å². The van der Waals surface area contributed by atoms with Crippen LogP contribution in [-0.2, 0) is 13.0 Å². The van der Waals surface area contributed by atoms with Crippen molar-refractivity contribution in [2.45, 2.75) is 39.8 Å². The van der Waals surface area contributed by atoms with Crippen molar-refractivity contribution in [3.8, 4) is 0 Å². The van der Waals surface area contributed by atoms with E-state index >= 15 is 0 Å². The highest BCUT2D eigenvalue weighted by atomic mass is 15.3. The minimum atomic E-state index is 0.00751. The van der Waals surface area contributed by atoms with Gasteiger partial charge in [-0.1, -0.05) is 13.8 Å². The van der Waals surface area contributed by atoms with Gasteiger partial charge in [0, 0.05) is 25.4 Å². The molecule has 0 saturated carbocycles. The van der Waals surface area contributed by atoms with Crippen LogP contribution in [0.1, 0.15) is 36.8 Å². The Morgan fingerprint density at radius 2 is 2.20 bits per heavy atom. The zero-order valence-electron chi connectivity index (χ0n) is 12.2. The van der Waals surface area contributed by atoms with E-state index in [-0.39, 0.29) is 6.04 Å². The molecule has 0 aliphatic heterocycles. The van der Waals surface area contributed by atoms with Crippen LogP contribution in [0.15, 0.2) is 24.8 Å². The van der Waals surface area contributed by atoms with E-state index < -0.39 is 0 Å². The Kier molecular flexibility index (Phi) is 4.81. The number of hydrogen-bond donors (Lipinski definition) is 2. The molecule has 3 N–H and O–H groups in total. The highest BCUT2D eigenvalue weighted by Gasteiger charge is 2.16. The molecule has 2 aromatic rings. The van der Waals surface area contributed by atoms with Gasteiger partial charge in [0.2, 0.25) is 0 Å². The van der Waals surface area contributed by atoms with E-state index in [1.54, 1.807) is 12.5 Å². The minimum absolute atomic E-state index is 0.00751. The van der Waals surface area contributed by atoms with Gasteiger partial charge < -0.3 is 0 Å². The third-order valence-corrected chi connectivity index (χ3v) is 3.26. The summed E-state index contributed by atoms with van der Waals surface area (Å²) in [6, 6.07) is 2.00. The van der Waals surface area contributed by atoms with Crippen LogP contribution < -0.4 is 11.3 Å². The van der Waals surface area contributed by atoms with Crippen molar-refractivity contribution in [2.24, 2.45) is 11.8 Å². The zero-order valence-corrected chi connectivity index (χ0v) is 12.2. The van der Waals surface area contributed by atoms with Crippen LogP contribution in [-0.4, -0.2) is 19.7 Å². The quantitative estimate of drug-likeness (QED) is 0.614. The number of hydrogen-bond acceptors (Lipinski definition) is 5. The lowest BCUT2D eigenvalue weighted by molar-refractivity contribution is 0.446. The molecule has 2 rings (SSSR count). The minimum Gasteiger partial charge on any atom is -0.271 e. The summed E-state index contributed by atoms with van der Waals surface area (Å²) in [4.78, 5) is 8.47.